The number of methoxy groups -OCH3 is 1. The number of carbonyl (C=O) groups is 1. The van der Waals surface area contributed by atoms with Crippen LogP contribution in [0.1, 0.15) is 28.4 Å². The molecule has 120 valence electrons. The molecular weight excluding hydrogens is 299 g/mol. The Morgan fingerprint density at radius 1 is 1.52 bits per heavy atom. The van der Waals surface area contributed by atoms with Gasteiger partial charge in [0.1, 0.15) is 17.6 Å². The molecule has 0 radical (unpaired) electrons. The van der Waals surface area contributed by atoms with Gasteiger partial charge in [0, 0.05) is 30.3 Å². The second kappa shape index (κ2) is 6.24. The zero-order valence-corrected chi connectivity index (χ0v) is 12.9. The standard InChI is InChI=1S/C17H17FN2O3/c1-10-5-11-6-15(22-2)12(7-16(11)23-10)8-20-17(21)13-3-4-19-9-14(13)18/h3-4,6-7,9-10H,5,8H2,1-2H3,(H,20,21). The minimum Gasteiger partial charge on any atom is -0.496 e. The maximum absolute atomic E-state index is 13.6. The molecule has 1 aromatic heterocycles. The van der Waals surface area contributed by atoms with Gasteiger partial charge in [0.15, 0.2) is 5.82 Å². The Hall–Kier alpha value is -2.63. The van der Waals surface area contributed by atoms with Gasteiger partial charge in [-0.25, -0.2) is 4.39 Å². The van der Waals surface area contributed by atoms with Gasteiger partial charge in [0.2, 0.25) is 0 Å². The van der Waals surface area contributed by atoms with Crippen LogP contribution in [0.2, 0.25) is 0 Å². The highest BCUT2D eigenvalue weighted by Gasteiger charge is 2.22. The molecule has 1 aliphatic heterocycles. The molecule has 3 rings (SSSR count). The Morgan fingerprint density at radius 2 is 2.35 bits per heavy atom. The molecule has 0 aliphatic carbocycles. The number of nitrogens with one attached hydrogen (secondary N) is 1. The molecule has 1 aliphatic rings. The molecule has 5 nitrogen and oxygen atoms in total. The van der Waals surface area contributed by atoms with Gasteiger partial charge in [0.05, 0.1) is 18.9 Å². The smallest absolute Gasteiger partial charge is 0.254 e. The number of amides is 1. The maximum atomic E-state index is 13.6. The molecule has 1 atom stereocenters. The number of benzene rings is 1. The molecule has 0 saturated carbocycles. The van der Waals surface area contributed by atoms with Crippen molar-refractivity contribution in [3.05, 3.63) is 53.1 Å². The second-order valence-corrected chi connectivity index (χ2v) is 5.44. The van der Waals surface area contributed by atoms with E-state index >= 15 is 0 Å². The number of hydrogen-bond donors (Lipinski definition) is 1. The Bertz CT molecular complexity index is 749. The van der Waals surface area contributed by atoms with Crippen LogP contribution in [-0.4, -0.2) is 24.1 Å². The molecule has 1 unspecified atom stereocenters. The van der Waals surface area contributed by atoms with Gasteiger partial charge in [-0.15, -0.1) is 0 Å². The lowest BCUT2D eigenvalue weighted by Gasteiger charge is -2.12. The van der Waals surface area contributed by atoms with Gasteiger partial charge < -0.3 is 14.8 Å². The van der Waals surface area contributed by atoms with Crippen LogP contribution in [0.3, 0.4) is 0 Å². The van der Waals surface area contributed by atoms with Gasteiger partial charge >= 0.3 is 0 Å². The summed E-state index contributed by atoms with van der Waals surface area (Å²) in [6.07, 6.45) is 3.36. The number of carbonyl (C=O) groups excluding carboxylic acids is 1. The number of halogens is 1. The van der Waals surface area contributed by atoms with Gasteiger partial charge in [-0.2, -0.15) is 0 Å². The zero-order valence-electron chi connectivity index (χ0n) is 12.9. The predicted octanol–water partition coefficient (Wildman–Crippen LogP) is 2.48. The molecule has 0 saturated heterocycles. The third-order valence-electron chi connectivity index (χ3n) is 3.76. The summed E-state index contributed by atoms with van der Waals surface area (Å²) in [5, 5.41) is 2.69. The van der Waals surface area contributed by atoms with E-state index in [1.807, 2.05) is 19.1 Å². The lowest BCUT2D eigenvalue weighted by molar-refractivity contribution is 0.0946. The second-order valence-electron chi connectivity index (χ2n) is 5.44. The van der Waals surface area contributed by atoms with E-state index in [-0.39, 0.29) is 18.2 Å². The number of aromatic nitrogens is 1. The summed E-state index contributed by atoms with van der Waals surface area (Å²) in [6.45, 7) is 2.22. The van der Waals surface area contributed by atoms with E-state index in [9.17, 15) is 9.18 Å². The van der Waals surface area contributed by atoms with Crippen LogP contribution in [0.15, 0.2) is 30.6 Å². The first-order chi connectivity index (χ1) is 11.1. The van der Waals surface area contributed by atoms with E-state index in [1.165, 1.54) is 12.3 Å². The number of nitrogens with zero attached hydrogens (tertiary/aromatic N) is 1. The Kier molecular flexibility index (Phi) is 4.14. The van der Waals surface area contributed by atoms with Gasteiger partial charge in [0.25, 0.3) is 5.91 Å². The van der Waals surface area contributed by atoms with E-state index < -0.39 is 11.7 Å². The summed E-state index contributed by atoms with van der Waals surface area (Å²) < 4.78 is 24.7. The number of pyridine rings is 1. The monoisotopic (exact) mass is 316 g/mol. The van der Waals surface area contributed by atoms with Crippen molar-refractivity contribution in [3.8, 4) is 11.5 Å². The molecular formula is C17H17FN2O3. The third-order valence-corrected chi connectivity index (χ3v) is 3.76. The number of fused-ring (bicyclic) bond motifs is 1. The summed E-state index contributed by atoms with van der Waals surface area (Å²) in [7, 11) is 1.58. The quantitative estimate of drug-likeness (QED) is 0.941. The Labute approximate surface area is 133 Å². The van der Waals surface area contributed by atoms with Crippen molar-refractivity contribution in [2.75, 3.05) is 7.11 Å². The highest BCUT2D eigenvalue weighted by molar-refractivity contribution is 5.94. The van der Waals surface area contributed by atoms with Crippen molar-refractivity contribution < 1.29 is 18.7 Å². The number of rotatable bonds is 4. The van der Waals surface area contributed by atoms with Crippen molar-refractivity contribution in [1.29, 1.82) is 0 Å². The maximum Gasteiger partial charge on any atom is 0.254 e. The topological polar surface area (TPSA) is 60.5 Å². The molecule has 0 bridgehead atoms. The minimum absolute atomic E-state index is 0.0370. The van der Waals surface area contributed by atoms with Crippen LogP contribution in [0.5, 0.6) is 11.5 Å². The SMILES string of the molecule is COc1cc2c(cc1CNC(=O)c1ccncc1F)OC(C)C2. The van der Waals surface area contributed by atoms with Crippen molar-refractivity contribution in [3.63, 3.8) is 0 Å². The number of hydrogen-bond acceptors (Lipinski definition) is 4. The zero-order chi connectivity index (χ0) is 16.4. The van der Waals surface area contributed by atoms with Crippen LogP contribution in [0.4, 0.5) is 4.39 Å². The van der Waals surface area contributed by atoms with Gasteiger partial charge in [-0.05, 0) is 25.1 Å². The first-order valence-corrected chi connectivity index (χ1v) is 7.32. The van der Waals surface area contributed by atoms with Crippen LogP contribution < -0.4 is 14.8 Å². The minimum atomic E-state index is -0.650. The van der Waals surface area contributed by atoms with Crippen LogP contribution in [0, 0.1) is 5.82 Å². The molecule has 23 heavy (non-hydrogen) atoms. The molecule has 0 fully saturated rings. The van der Waals surface area contributed by atoms with Crippen molar-refractivity contribution in [2.24, 2.45) is 0 Å². The highest BCUT2D eigenvalue weighted by Crippen LogP contribution is 2.34. The van der Waals surface area contributed by atoms with Crippen molar-refractivity contribution in [1.82, 2.24) is 10.3 Å². The van der Waals surface area contributed by atoms with E-state index in [0.717, 1.165) is 29.5 Å². The molecule has 1 amide bonds. The molecule has 2 heterocycles. The fourth-order valence-electron chi connectivity index (χ4n) is 2.64. The van der Waals surface area contributed by atoms with Crippen molar-refractivity contribution >= 4 is 5.91 Å². The van der Waals surface area contributed by atoms with E-state index in [4.69, 9.17) is 9.47 Å². The summed E-state index contributed by atoms with van der Waals surface area (Å²) in [4.78, 5) is 15.7. The molecule has 1 N–H and O–H groups in total. The van der Waals surface area contributed by atoms with Crippen LogP contribution >= 0.6 is 0 Å². The van der Waals surface area contributed by atoms with Crippen LogP contribution in [-0.2, 0) is 13.0 Å². The normalized spacial score (nSPS) is 15.7. The third kappa shape index (κ3) is 3.11. The fraction of sp³-hybridized carbons (Fsp3) is 0.294. The van der Waals surface area contributed by atoms with Crippen molar-refractivity contribution in [2.45, 2.75) is 26.0 Å². The van der Waals surface area contributed by atoms with Gasteiger partial charge in [-0.3, -0.25) is 9.78 Å². The highest BCUT2D eigenvalue weighted by atomic mass is 19.1. The Morgan fingerprint density at radius 3 is 3.09 bits per heavy atom. The Balaban J connectivity index is 1.77. The average molecular weight is 316 g/mol. The van der Waals surface area contributed by atoms with E-state index in [0.29, 0.717) is 5.75 Å². The molecule has 0 spiro atoms. The summed E-state index contributed by atoms with van der Waals surface area (Å²) >= 11 is 0. The molecule has 6 heteroatoms. The fourth-order valence-corrected chi connectivity index (χ4v) is 2.64. The largest absolute Gasteiger partial charge is 0.496 e. The summed E-state index contributed by atoms with van der Waals surface area (Å²) in [5.74, 6) is 0.333. The molecule has 1 aromatic carbocycles. The first-order valence-electron chi connectivity index (χ1n) is 7.32. The van der Waals surface area contributed by atoms with E-state index in [2.05, 4.69) is 10.3 Å². The molecule has 2 aromatic rings. The average Bonchev–Trinajstić information content (AvgIpc) is 2.90. The summed E-state index contributed by atoms with van der Waals surface area (Å²) in [6, 6.07) is 5.13. The number of ether oxygens (including phenoxy) is 2. The first kappa shape index (κ1) is 15.3. The lowest BCUT2D eigenvalue weighted by atomic mass is 10.1. The van der Waals surface area contributed by atoms with Crippen LogP contribution in [0.25, 0.3) is 0 Å². The van der Waals surface area contributed by atoms with E-state index in [1.54, 1.807) is 7.11 Å². The van der Waals surface area contributed by atoms with Gasteiger partial charge in [-0.1, -0.05) is 0 Å². The predicted molar refractivity (Wildman–Crippen MR) is 82.2 cm³/mol. The lowest BCUT2D eigenvalue weighted by Crippen LogP contribution is -2.24. The summed E-state index contributed by atoms with van der Waals surface area (Å²) in [5.41, 5.74) is 1.83.